The van der Waals surface area contributed by atoms with Crippen LogP contribution in [-0.4, -0.2) is 56.0 Å². The van der Waals surface area contributed by atoms with Gasteiger partial charge >= 0.3 is 0 Å². The molecule has 120 valence electrons. The van der Waals surface area contributed by atoms with Crippen molar-refractivity contribution < 1.29 is 5.11 Å². The number of nitrogens with zero attached hydrogens (tertiary/aromatic N) is 5. The van der Waals surface area contributed by atoms with Gasteiger partial charge in [0, 0.05) is 18.4 Å². The Kier molecular flexibility index (Phi) is 3.80. The fourth-order valence-electron chi connectivity index (χ4n) is 3.18. The highest BCUT2D eigenvalue weighted by Gasteiger charge is 2.16. The van der Waals surface area contributed by atoms with E-state index in [1.165, 1.54) is 25.9 Å². The molecule has 7 heteroatoms. The fourth-order valence-corrected chi connectivity index (χ4v) is 3.18. The normalized spacial score (nSPS) is 15.7. The Balaban J connectivity index is 1.76. The summed E-state index contributed by atoms with van der Waals surface area (Å²) in [6.45, 7) is 3.14. The molecular weight excluding hydrogens is 292 g/mol. The van der Waals surface area contributed by atoms with Crippen molar-refractivity contribution in [1.29, 1.82) is 0 Å². The molecule has 23 heavy (non-hydrogen) atoms. The topological polar surface area (TPSA) is 78.6 Å². The molecule has 2 N–H and O–H groups in total. The molecule has 0 amide bonds. The number of aliphatic hydroxyl groups is 1. The first kappa shape index (κ1) is 14.3. The van der Waals surface area contributed by atoms with Crippen molar-refractivity contribution in [2.45, 2.75) is 19.3 Å². The van der Waals surface area contributed by atoms with Gasteiger partial charge in [0.15, 0.2) is 5.65 Å². The second-order valence-electron chi connectivity index (χ2n) is 5.85. The van der Waals surface area contributed by atoms with Gasteiger partial charge in [-0.05, 0) is 38.1 Å². The van der Waals surface area contributed by atoms with Gasteiger partial charge in [0.05, 0.1) is 5.52 Å². The SMILES string of the molecule is OCNc1nc2c3ccccc3nc(CCN3CCCC3)n2n1. The average Bonchev–Trinajstić information content (AvgIpc) is 3.22. The van der Waals surface area contributed by atoms with Crippen LogP contribution in [0.2, 0.25) is 0 Å². The summed E-state index contributed by atoms with van der Waals surface area (Å²) in [5.41, 5.74) is 1.71. The average molecular weight is 312 g/mol. The predicted molar refractivity (Wildman–Crippen MR) is 88.4 cm³/mol. The van der Waals surface area contributed by atoms with Gasteiger partial charge in [0.1, 0.15) is 12.6 Å². The molecule has 4 rings (SSSR count). The highest BCUT2D eigenvalue weighted by atomic mass is 16.3. The van der Waals surface area contributed by atoms with Crippen LogP contribution < -0.4 is 5.32 Å². The molecule has 0 radical (unpaired) electrons. The molecule has 1 aliphatic heterocycles. The van der Waals surface area contributed by atoms with Gasteiger partial charge in [-0.15, -0.1) is 5.10 Å². The Bertz CT molecular complexity index is 824. The number of benzene rings is 1. The van der Waals surface area contributed by atoms with E-state index in [0.29, 0.717) is 5.95 Å². The molecule has 3 heterocycles. The van der Waals surface area contributed by atoms with Crippen LogP contribution in [0.3, 0.4) is 0 Å². The number of nitrogens with one attached hydrogen (secondary N) is 1. The molecule has 1 aliphatic rings. The molecule has 0 spiro atoms. The standard InChI is InChI=1S/C16H20N6O/c23-11-17-16-19-15-12-5-1-2-6-13(12)18-14(22(15)20-16)7-10-21-8-3-4-9-21/h1-2,5-6,23H,3-4,7-11H2,(H,17,20). The summed E-state index contributed by atoms with van der Waals surface area (Å²) in [5.74, 6) is 1.33. The Labute approximate surface area is 134 Å². The maximum Gasteiger partial charge on any atom is 0.244 e. The summed E-state index contributed by atoms with van der Waals surface area (Å²) < 4.78 is 1.80. The van der Waals surface area contributed by atoms with Crippen molar-refractivity contribution in [1.82, 2.24) is 24.5 Å². The van der Waals surface area contributed by atoms with E-state index < -0.39 is 0 Å². The second-order valence-corrected chi connectivity index (χ2v) is 5.85. The quantitative estimate of drug-likeness (QED) is 0.691. The summed E-state index contributed by atoms with van der Waals surface area (Å²) in [5, 5.41) is 17.2. The first-order chi connectivity index (χ1) is 11.3. The van der Waals surface area contributed by atoms with Crippen LogP contribution in [0.15, 0.2) is 24.3 Å². The highest BCUT2D eigenvalue weighted by molar-refractivity contribution is 5.91. The molecule has 0 bridgehead atoms. The number of aliphatic hydroxyl groups excluding tert-OH is 1. The summed E-state index contributed by atoms with van der Waals surface area (Å²) in [6.07, 6.45) is 3.41. The number of hydrogen-bond acceptors (Lipinski definition) is 6. The van der Waals surface area contributed by atoms with Crippen molar-refractivity contribution in [2.24, 2.45) is 0 Å². The molecule has 1 fully saturated rings. The minimum atomic E-state index is -0.189. The van der Waals surface area contributed by atoms with Gasteiger partial charge in [0.25, 0.3) is 0 Å². The van der Waals surface area contributed by atoms with Gasteiger partial charge in [-0.25, -0.2) is 4.98 Å². The van der Waals surface area contributed by atoms with E-state index in [1.807, 2.05) is 24.3 Å². The lowest BCUT2D eigenvalue weighted by atomic mass is 10.2. The smallest absolute Gasteiger partial charge is 0.244 e. The zero-order valence-corrected chi connectivity index (χ0v) is 12.9. The van der Waals surface area contributed by atoms with E-state index in [4.69, 9.17) is 10.1 Å². The molecule has 3 aromatic rings. The third kappa shape index (κ3) is 2.73. The number of fused-ring (bicyclic) bond motifs is 3. The summed E-state index contributed by atoms with van der Waals surface area (Å²) in [4.78, 5) is 11.7. The van der Waals surface area contributed by atoms with Crippen LogP contribution >= 0.6 is 0 Å². The van der Waals surface area contributed by atoms with Crippen molar-refractivity contribution >= 4 is 22.5 Å². The Morgan fingerprint density at radius 2 is 1.96 bits per heavy atom. The second kappa shape index (κ2) is 6.10. The van der Waals surface area contributed by atoms with Crippen LogP contribution in [0, 0.1) is 0 Å². The Morgan fingerprint density at radius 3 is 2.78 bits per heavy atom. The van der Waals surface area contributed by atoms with Gasteiger partial charge in [0.2, 0.25) is 5.95 Å². The lowest BCUT2D eigenvalue weighted by Crippen LogP contribution is -2.23. The minimum Gasteiger partial charge on any atom is -0.376 e. The van der Waals surface area contributed by atoms with Gasteiger partial charge in [-0.3, -0.25) is 0 Å². The van der Waals surface area contributed by atoms with Crippen LogP contribution in [0.5, 0.6) is 0 Å². The zero-order valence-electron chi connectivity index (χ0n) is 12.9. The largest absolute Gasteiger partial charge is 0.376 e. The third-order valence-electron chi connectivity index (χ3n) is 4.33. The number of para-hydroxylation sites is 1. The Hall–Kier alpha value is -2.25. The van der Waals surface area contributed by atoms with Crippen molar-refractivity contribution in [3.05, 3.63) is 30.1 Å². The van der Waals surface area contributed by atoms with E-state index in [9.17, 15) is 0 Å². The van der Waals surface area contributed by atoms with Gasteiger partial charge < -0.3 is 15.3 Å². The summed E-state index contributed by atoms with van der Waals surface area (Å²) in [7, 11) is 0. The molecule has 0 saturated carbocycles. The van der Waals surface area contributed by atoms with Gasteiger partial charge in [-0.1, -0.05) is 12.1 Å². The zero-order chi connectivity index (χ0) is 15.6. The molecule has 7 nitrogen and oxygen atoms in total. The van der Waals surface area contributed by atoms with Crippen LogP contribution in [-0.2, 0) is 6.42 Å². The molecule has 2 aromatic heterocycles. The number of rotatable bonds is 5. The maximum absolute atomic E-state index is 9.05. The predicted octanol–water partition coefficient (Wildman–Crippen LogP) is 1.28. The number of hydrogen-bond donors (Lipinski definition) is 2. The lowest BCUT2D eigenvalue weighted by Gasteiger charge is -2.14. The first-order valence-corrected chi connectivity index (χ1v) is 8.06. The van der Waals surface area contributed by atoms with Gasteiger partial charge in [-0.2, -0.15) is 9.50 Å². The summed E-state index contributed by atoms with van der Waals surface area (Å²) in [6, 6.07) is 7.96. The van der Waals surface area contributed by atoms with E-state index in [-0.39, 0.29) is 6.73 Å². The third-order valence-corrected chi connectivity index (χ3v) is 4.33. The van der Waals surface area contributed by atoms with E-state index in [1.54, 1.807) is 4.52 Å². The monoisotopic (exact) mass is 312 g/mol. The molecule has 0 atom stereocenters. The van der Waals surface area contributed by atoms with Crippen LogP contribution in [0.1, 0.15) is 18.7 Å². The van der Waals surface area contributed by atoms with E-state index in [2.05, 4.69) is 20.3 Å². The number of aromatic nitrogens is 4. The maximum atomic E-state index is 9.05. The van der Waals surface area contributed by atoms with Crippen molar-refractivity contribution in [3.8, 4) is 0 Å². The lowest BCUT2D eigenvalue weighted by molar-refractivity contribution is 0.324. The van der Waals surface area contributed by atoms with Crippen molar-refractivity contribution in [3.63, 3.8) is 0 Å². The number of anilines is 1. The molecule has 1 saturated heterocycles. The number of likely N-dealkylation sites (tertiary alicyclic amines) is 1. The molecule has 0 unspecified atom stereocenters. The fraction of sp³-hybridized carbons (Fsp3) is 0.438. The Morgan fingerprint density at radius 1 is 1.13 bits per heavy atom. The van der Waals surface area contributed by atoms with E-state index in [0.717, 1.165) is 35.3 Å². The highest BCUT2D eigenvalue weighted by Crippen LogP contribution is 2.20. The molecular formula is C16H20N6O. The van der Waals surface area contributed by atoms with Crippen molar-refractivity contribution in [2.75, 3.05) is 31.7 Å². The minimum absolute atomic E-state index is 0.189. The molecule has 0 aliphatic carbocycles. The first-order valence-electron chi connectivity index (χ1n) is 8.06. The summed E-state index contributed by atoms with van der Waals surface area (Å²) >= 11 is 0. The van der Waals surface area contributed by atoms with Crippen LogP contribution in [0.4, 0.5) is 5.95 Å². The molecule has 1 aromatic carbocycles. The van der Waals surface area contributed by atoms with E-state index >= 15 is 0 Å². The van der Waals surface area contributed by atoms with Crippen LogP contribution in [0.25, 0.3) is 16.6 Å².